The zero-order chi connectivity index (χ0) is 13.7. The standard InChI is InChI=1S/C12H17ClN2O3S/c13-11-1-3-12(4-2-11)19(16,17)14-5-6-15-7-9-18-10-8-15/h1-4,14H,5-10H2/p+1. The number of benzene rings is 1. The van der Waals surface area contributed by atoms with Crippen molar-refractivity contribution in [3.63, 3.8) is 0 Å². The van der Waals surface area contributed by atoms with Gasteiger partial charge in [0.1, 0.15) is 13.1 Å². The smallest absolute Gasteiger partial charge is 0.240 e. The van der Waals surface area contributed by atoms with Crippen molar-refractivity contribution in [2.24, 2.45) is 0 Å². The van der Waals surface area contributed by atoms with Crippen LogP contribution in [-0.2, 0) is 14.8 Å². The summed E-state index contributed by atoms with van der Waals surface area (Å²) in [5.74, 6) is 0. The molecule has 1 fully saturated rings. The molecule has 1 saturated heterocycles. The molecular formula is C12H18ClN2O3S+. The fraction of sp³-hybridized carbons (Fsp3) is 0.500. The average molecular weight is 306 g/mol. The zero-order valence-electron chi connectivity index (χ0n) is 10.6. The van der Waals surface area contributed by atoms with Crippen LogP contribution in [0.4, 0.5) is 0 Å². The molecule has 0 atom stereocenters. The molecule has 0 amide bonds. The van der Waals surface area contributed by atoms with Crippen LogP contribution in [0, 0.1) is 0 Å². The average Bonchev–Trinajstić information content (AvgIpc) is 2.40. The van der Waals surface area contributed by atoms with Crippen LogP contribution in [0.5, 0.6) is 0 Å². The molecule has 106 valence electrons. The maximum Gasteiger partial charge on any atom is 0.240 e. The van der Waals surface area contributed by atoms with Crippen LogP contribution in [0.25, 0.3) is 0 Å². The van der Waals surface area contributed by atoms with Gasteiger partial charge < -0.3 is 9.64 Å². The Morgan fingerprint density at radius 2 is 1.84 bits per heavy atom. The summed E-state index contributed by atoms with van der Waals surface area (Å²) in [6.07, 6.45) is 0. The second-order valence-corrected chi connectivity index (χ2v) is 6.67. The third-order valence-electron chi connectivity index (χ3n) is 3.09. The van der Waals surface area contributed by atoms with Gasteiger partial charge in [-0.3, -0.25) is 0 Å². The first-order valence-electron chi connectivity index (χ1n) is 6.24. The predicted octanol–water partition coefficient (Wildman–Crippen LogP) is -0.467. The largest absolute Gasteiger partial charge is 0.370 e. The van der Waals surface area contributed by atoms with Crippen molar-refractivity contribution >= 4 is 21.6 Å². The van der Waals surface area contributed by atoms with E-state index in [9.17, 15) is 8.42 Å². The monoisotopic (exact) mass is 305 g/mol. The van der Waals surface area contributed by atoms with E-state index < -0.39 is 10.0 Å². The number of hydrogen-bond acceptors (Lipinski definition) is 3. The van der Waals surface area contributed by atoms with Gasteiger partial charge in [0.15, 0.2) is 0 Å². The van der Waals surface area contributed by atoms with Gasteiger partial charge in [0.2, 0.25) is 10.0 Å². The third kappa shape index (κ3) is 4.43. The van der Waals surface area contributed by atoms with Crippen molar-refractivity contribution in [2.45, 2.75) is 4.90 Å². The fourth-order valence-electron chi connectivity index (χ4n) is 1.97. The van der Waals surface area contributed by atoms with E-state index in [1.165, 1.54) is 17.0 Å². The Kier molecular flexibility index (Phi) is 5.18. The van der Waals surface area contributed by atoms with E-state index in [1.54, 1.807) is 12.1 Å². The summed E-state index contributed by atoms with van der Waals surface area (Å²) in [4.78, 5) is 1.61. The molecule has 5 nitrogen and oxygen atoms in total. The molecule has 2 rings (SSSR count). The number of sulfonamides is 1. The number of ether oxygens (including phenoxy) is 1. The van der Waals surface area contributed by atoms with E-state index in [2.05, 4.69) is 4.72 Å². The molecule has 1 heterocycles. The Labute approximate surface area is 118 Å². The summed E-state index contributed by atoms with van der Waals surface area (Å²) in [5, 5.41) is 0.525. The first kappa shape index (κ1) is 14.7. The van der Waals surface area contributed by atoms with Crippen LogP contribution in [0.3, 0.4) is 0 Å². The van der Waals surface area contributed by atoms with E-state index in [1.807, 2.05) is 0 Å². The number of hydrogen-bond donors (Lipinski definition) is 2. The topological polar surface area (TPSA) is 59.8 Å². The predicted molar refractivity (Wildman–Crippen MR) is 73.0 cm³/mol. The van der Waals surface area contributed by atoms with Gasteiger partial charge in [-0.15, -0.1) is 0 Å². The van der Waals surface area contributed by atoms with Gasteiger partial charge in [-0.05, 0) is 24.3 Å². The highest BCUT2D eigenvalue weighted by molar-refractivity contribution is 7.89. The second kappa shape index (κ2) is 6.67. The maximum atomic E-state index is 12.0. The highest BCUT2D eigenvalue weighted by atomic mass is 35.5. The van der Waals surface area contributed by atoms with Crippen LogP contribution in [0.15, 0.2) is 29.2 Å². The number of nitrogens with one attached hydrogen (secondary N) is 2. The molecule has 19 heavy (non-hydrogen) atoms. The van der Waals surface area contributed by atoms with Crippen LogP contribution < -0.4 is 9.62 Å². The van der Waals surface area contributed by atoms with Gasteiger partial charge in [-0.2, -0.15) is 0 Å². The minimum atomic E-state index is -3.43. The van der Waals surface area contributed by atoms with Crippen molar-refractivity contribution < 1.29 is 18.1 Å². The van der Waals surface area contributed by atoms with E-state index in [4.69, 9.17) is 16.3 Å². The maximum absolute atomic E-state index is 12.0. The minimum Gasteiger partial charge on any atom is -0.370 e. The molecule has 2 N–H and O–H groups in total. The highest BCUT2D eigenvalue weighted by Crippen LogP contribution is 2.13. The summed E-state index contributed by atoms with van der Waals surface area (Å²) in [6.45, 7) is 4.57. The second-order valence-electron chi connectivity index (χ2n) is 4.46. The Bertz CT molecular complexity index is 498. The van der Waals surface area contributed by atoms with Gasteiger partial charge in [0, 0.05) is 5.02 Å². The van der Waals surface area contributed by atoms with Crippen LogP contribution in [0.1, 0.15) is 0 Å². The van der Waals surface area contributed by atoms with Crippen LogP contribution >= 0.6 is 11.6 Å². The summed E-state index contributed by atoms with van der Waals surface area (Å²) < 4.78 is 31.9. The van der Waals surface area contributed by atoms with Crippen LogP contribution in [-0.4, -0.2) is 47.8 Å². The Balaban J connectivity index is 1.85. The van der Waals surface area contributed by atoms with Gasteiger partial charge >= 0.3 is 0 Å². The zero-order valence-corrected chi connectivity index (χ0v) is 12.1. The molecule has 0 bridgehead atoms. The lowest BCUT2D eigenvalue weighted by molar-refractivity contribution is -0.906. The van der Waals surface area contributed by atoms with Crippen LogP contribution in [0.2, 0.25) is 5.02 Å². The molecule has 7 heteroatoms. The number of quaternary nitrogens is 1. The first-order chi connectivity index (χ1) is 9.08. The Hall–Kier alpha value is -0.660. The number of halogens is 1. The molecule has 0 aromatic heterocycles. The number of morpholine rings is 1. The molecular weight excluding hydrogens is 288 g/mol. The van der Waals surface area contributed by atoms with Gasteiger partial charge in [-0.25, -0.2) is 13.1 Å². The summed E-state index contributed by atoms with van der Waals surface area (Å²) in [6, 6.07) is 6.16. The van der Waals surface area contributed by atoms with Crippen molar-refractivity contribution in [2.75, 3.05) is 39.4 Å². The lowest BCUT2D eigenvalue weighted by Gasteiger charge is -2.23. The normalized spacial score (nSPS) is 17.5. The lowest BCUT2D eigenvalue weighted by atomic mass is 10.4. The quantitative estimate of drug-likeness (QED) is 0.773. The van der Waals surface area contributed by atoms with E-state index in [-0.39, 0.29) is 4.90 Å². The molecule has 0 aliphatic carbocycles. The molecule has 1 aromatic carbocycles. The van der Waals surface area contributed by atoms with Crippen molar-refractivity contribution in [3.8, 4) is 0 Å². The molecule has 1 aliphatic rings. The van der Waals surface area contributed by atoms with Gasteiger partial charge in [0.25, 0.3) is 0 Å². The highest BCUT2D eigenvalue weighted by Gasteiger charge is 2.17. The number of rotatable bonds is 5. The minimum absolute atomic E-state index is 0.244. The van der Waals surface area contributed by atoms with Crippen molar-refractivity contribution in [3.05, 3.63) is 29.3 Å². The third-order valence-corrected chi connectivity index (χ3v) is 4.82. The molecule has 1 aliphatic heterocycles. The summed E-state index contributed by atoms with van der Waals surface area (Å²) >= 11 is 5.74. The summed E-state index contributed by atoms with van der Waals surface area (Å²) in [7, 11) is -3.43. The fourth-order valence-corrected chi connectivity index (χ4v) is 3.13. The Morgan fingerprint density at radius 3 is 2.47 bits per heavy atom. The Morgan fingerprint density at radius 1 is 1.21 bits per heavy atom. The van der Waals surface area contributed by atoms with Crippen molar-refractivity contribution in [1.82, 2.24) is 4.72 Å². The van der Waals surface area contributed by atoms with E-state index in [0.717, 1.165) is 32.8 Å². The summed E-state index contributed by atoms with van der Waals surface area (Å²) in [5.41, 5.74) is 0. The SMILES string of the molecule is O=S(=O)(NCC[NH+]1CCOCC1)c1ccc(Cl)cc1. The molecule has 0 spiro atoms. The van der Waals surface area contributed by atoms with Gasteiger partial charge in [0.05, 0.1) is 31.2 Å². The van der Waals surface area contributed by atoms with Gasteiger partial charge in [-0.1, -0.05) is 11.6 Å². The molecule has 0 radical (unpaired) electrons. The van der Waals surface area contributed by atoms with Crippen molar-refractivity contribution in [1.29, 1.82) is 0 Å². The lowest BCUT2D eigenvalue weighted by Crippen LogP contribution is -3.14. The molecule has 1 aromatic rings. The molecule has 0 saturated carbocycles. The van der Waals surface area contributed by atoms with E-state index in [0.29, 0.717) is 11.6 Å². The molecule has 0 unspecified atom stereocenters. The first-order valence-corrected chi connectivity index (χ1v) is 8.10. The van der Waals surface area contributed by atoms with E-state index >= 15 is 0 Å².